The Bertz CT molecular complexity index is 1350. The van der Waals surface area contributed by atoms with Gasteiger partial charge in [-0.05, 0) is 50.5 Å². The van der Waals surface area contributed by atoms with E-state index in [4.69, 9.17) is 20.4 Å². The monoisotopic (exact) mass is 429 g/mol. The average molecular weight is 430 g/mol. The van der Waals surface area contributed by atoms with Crippen LogP contribution in [0.1, 0.15) is 37.7 Å². The third-order valence-corrected chi connectivity index (χ3v) is 6.25. The van der Waals surface area contributed by atoms with Crippen molar-refractivity contribution in [3.05, 3.63) is 54.3 Å². The third-order valence-electron chi connectivity index (χ3n) is 6.25. The average Bonchev–Trinajstić information content (AvgIpc) is 3.42. The smallest absolute Gasteiger partial charge is 0.166 e. The molecule has 0 saturated carbocycles. The predicted molar refractivity (Wildman–Crippen MR) is 127 cm³/mol. The van der Waals surface area contributed by atoms with Gasteiger partial charge in [0.25, 0.3) is 0 Å². The molecule has 32 heavy (non-hydrogen) atoms. The molecule has 8 heteroatoms. The summed E-state index contributed by atoms with van der Waals surface area (Å²) in [6, 6.07) is 6.33. The maximum absolute atomic E-state index is 6.32. The van der Waals surface area contributed by atoms with Crippen LogP contribution in [0.25, 0.3) is 22.1 Å². The number of anilines is 1. The van der Waals surface area contributed by atoms with Crippen LogP contribution < -0.4 is 10.5 Å². The number of ether oxygens (including phenoxy) is 1. The predicted octanol–water partition coefficient (Wildman–Crippen LogP) is 3.99. The van der Waals surface area contributed by atoms with E-state index in [0.29, 0.717) is 23.7 Å². The number of hydrogen-bond acceptors (Lipinski definition) is 6. The number of aromatic nitrogens is 5. The number of H-pyrrole nitrogens is 1. The molecule has 1 atom stereocenters. The number of dihydropyridines is 1. The zero-order valence-corrected chi connectivity index (χ0v) is 18.5. The van der Waals surface area contributed by atoms with E-state index >= 15 is 0 Å². The number of benzene rings is 1. The topological polar surface area (TPSA) is 107 Å². The van der Waals surface area contributed by atoms with Crippen LogP contribution in [0.15, 0.2) is 47.9 Å². The molecule has 5 rings (SSSR count). The number of imidazole rings is 1. The molecule has 0 amide bonds. The zero-order chi connectivity index (χ0) is 22.3. The van der Waals surface area contributed by atoms with E-state index < -0.39 is 5.41 Å². The number of rotatable bonds is 6. The molecule has 3 N–H and O–H groups in total. The Balaban J connectivity index is 1.53. The number of aryl methyl sites for hydroxylation is 1. The Labute approximate surface area is 186 Å². The lowest BCUT2D eigenvalue weighted by atomic mass is 9.79. The van der Waals surface area contributed by atoms with Crippen LogP contribution in [-0.4, -0.2) is 44.4 Å². The normalized spacial score (nSPS) is 18.2. The van der Waals surface area contributed by atoms with E-state index in [1.807, 2.05) is 29.0 Å². The molecule has 164 valence electrons. The fourth-order valence-corrected chi connectivity index (χ4v) is 4.37. The molecular weight excluding hydrogens is 402 g/mol. The minimum atomic E-state index is -0.431. The highest BCUT2D eigenvalue weighted by atomic mass is 16.5. The first kappa shape index (κ1) is 20.2. The van der Waals surface area contributed by atoms with Crippen LogP contribution in [0.4, 0.5) is 5.82 Å². The Kier molecular flexibility index (Phi) is 4.92. The number of nitrogens with two attached hydrogens (primary N) is 1. The summed E-state index contributed by atoms with van der Waals surface area (Å²) in [5.74, 6) is 1.94. The summed E-state index contributed by atoms with van der Waals surface area (Å²) < 4.78 is 7.38. The summed E-state index contributed by atoms with van der Waals surface area (Å²) in [6.45, 7) is 4.79. The van der Waals surface area contributed by atoms with E-state index in [1.165, 1.54) is 10.9 Å². The number of nitrogens with one attached hydrogen (secondary N) is 1. The van der Waals surface area contributed by atoms with Crippen molar-refractivity contribution in [1.29, 1.82) is 0 Å². The molecule has 1 aliphatic heterocycles. The Morgan fingerprint density at radius 1 is 1.28 bits per heavy atom. The fourth-order valence-electron chi connectivity index (χ4n) is 4.37. The van der Waals surface area contributed by atoms with Gasteiger partial charge in [0.15, 0.2) is 11.5 Å². The Hall–Kier alpha value is -3.68. The van der Waals surface area contributed by atoms with Gasteiger partial charge in [0.2, 0.25) is 0 Å². The lowest BCUT2D eigenvalue weighted by molar-refractivity contribution is 0.415. The van der Waals surface area contributed by atoms with E-state index in [9.17, 15) is 0 Å². The van der Waals surface area contributed by atoms with Crippen LogP contribution in [-0.2, 0) is 11.8 Å². The van der Waals surface area contributed by atoms with Gasteiger partial charge in [0, 0.05) is 35.4 Å². The highest BCUT2D eigenvalue weighted by Gasteiger charge is 2.35. The van der Waals surface area contributed by atoms with Crippen LogP contribution >= 0.6 is 0 Å². The van der Waals surface area contributed by atoms with Crippen LogP contribution in [0, 0.1) is 0 Å². The molecule has 8 nitrogen and oxygen atoms in total. The molecule has 0 radical (unpaired) electrons. The fraction of sp³-hybridized carbons (Fsp3) is 0.333. The molecule has 4 aromatic rings. The second kappa shape index (κ2) is 7.78. The van der Waals surface area contributed by atoms with Gasteiger partial charge in [0.1, 0.15) is 17.1 Å². The zero-order valence-electron chi connectivity index (χ0n) is 18.5. The number of allylic oxidation sites excluding steroid dienone is 1. The second-order valence-corrected chi connectivity index (χ2v) is 8.58. The van der Waals surface area contributed by atoms with Crippen molar-refractivity contribution in [2.24, 2.45) is 4.99 Å². The summed E-state index contributed by atoms with van der Waals surface area (Å²) in [4.78, 5) is 22.0. The maximum Gasteiger partial charge on any atom is 0.166 e. The minimum absolute atomic E-state index is 0.223. The Morgan fingerprint density at radius 3 is 2.91 bits per heavy atom. The molecule has 0 fully saturated rings. The number of fused-ring (bicyclic) bond motifs is 2. The number of hydrogen-bond donors (Lipinski definition) is 2. The third kappa shape index (κ3) is 3.32. The van der Waals surface area contributed by atoms with Crippen molar-refractivity contribution in [2.45, 2.75) is 38.1 Å². The first-order valence-corrected chi connectivity index (χ1v) is 10.8. The summed E-state index contributed by atoms with van der Waals surface area (Å²) in [5.41, 5.74) is 9.61. The van der Waals surface area contributed by atoms with Crippen LogP contribution in [0.5, 0.6) is 5.75 Å². The van der Waals surface area contributed by atoms with Gasteiger partial charge in [-0.25, -0.2) is 15.0 Å². The molecule has 1 aliphatic rings. The van der Waals surface area contributed by atoms with E-state index in [0.717, 1.165) is 29.8 Å². The summed E-state index contributed by atoms with van der Waals surface area (Å²) in [5, 5.41) is 1.19. The highest BCUT2D eigenvalue weighted by molar-refractivity contribution is 5.85. The van der Waals surface area contributed by atoms with Gasteiger partial charge in [-0.2, -0.15) is 0 Å². The largest absolute Gasteiger partial charge is 0.497 e. The van der Waals surface area contributed by atoms with Crippen molar-refractivity contribution in [3.8, 4) is 5.75 Å². The van der Waals surface area contributed by atoms with Crippen molar-refractivity contribution >= 4 is 34.1 Å². The van der Waals surface area contributed by atoms with Crippen molar-refractivity contribution in [1.82, 2.24) is 24.5 Å². The van der Waals surface area contributed by atoms with Crippen molar-refractivity contribution in [2.75, 3.05) is 19.4 Å². The molecular formula is C24H27N7O. The molecule has 0 saturated heterocycles. The van der Waals surface area contributed by atoms with E-state index in [-0.39, 0.29) is 6.04 Å². The van der Waals surface area contributed by atoms with Gasteiger partial charge >= 0.3 is 0 Å². The quantitative estimate of drug-likeness (QED) is 0.482. The number of aromatic amines is 1. The number of nitrogens with zero attached hydrogens (tertiary/aromatic N) is 5. The molecule has 0 spiro atoms. The van der Waals surface area contributed by atoms with Crippen LogP contribution in [0.3, 0.4) is 0 Å². The minimum Gasteiger partial charge on any atom is -0.497 e. The number of aliphatic imine (C=N–C) groups is 1. The van der Waals surface area contributed by atoms with Crippen molar-refractivity contribution < 1.29 is 4.74 Å². The van der Waals surface area contributed by atoms with Gasteiger partial charge in [-0.15, -0.1) is 0 Å². The molecule has 0 aliphatic carbocycles. The van der Waals surface area contributed by atoms with Crippen molar-refractivity contribution in [3.63, 3.8) is 0 Å². The first-order chi connectivity index (χ1) is 15.5. The lowest BCUT2D eigenvalue weighted by Gasteiger charge is -2.29. The molecule has 3 aromatic heterocycles. The maximum atomic E-state index is 6.32. The van der Waals surface area contributed by atoms with Gasteiger partial charge < -0.3 is 20.0 Å². The van der Waals surface area contributed by atoms with E-state index in [2.05, 4.69) is 47.1 Å². The summed E-state index contributed by atoms with van der Waals surface area (Å²) >= 11 is 0. The molecule has 4 heterocycles. The SMILES string of the molecule is COc1ccc2c(CCC3(c4nc(N)c5ncn(C(C)C)c5n4)C=CC=NC3)c[nH]c2c1. The summed E-state index contributed by atoms with van der Waals surface area (Å²) in [6.07, 6.45) is 11.5. The van der Waals surface area contributed by atoms with E-state index in [1.54, 1.807) is 13.4 Å². The van der Waals surface area contributed by atoms with Gasteiger partial charge in [0.05, 0.1) is 25.4 Å². The first-order valence-electron chi connectivity index (χ1n) is 10.8. The molecule has 1 aromatic carbocycles. The van der Waals surface area contributed by atoms with Gasteiger partial charge in [-0.1, -0.05) is 6.08 Å². The van der Waals surface area contributed by atoms with Gasteiger partial charge in [-0.3, -0.25) is 4.99 Å². The lowest BCUT2D eigenvalue weighted by Crippen LogP contribution is -2.33. The molecule has 1 unspecified atom stereocenters. The van der Waals surface area contributed by atoms with Crippen LogP contribution in [0.2, 0.25) is 0 Å². The Morgan fingerprint density at radius 2 is 2.16 bits per heavy atom. The summed E-state index contributed by atoms with van der Waals surface area (Å²) in [7, 11) is 1.68. The number of methoxy groups -OCH3 is 1. The number of nitrogen functional groups attached to an aromatic ring is 1. The standard InChI is InChI=1S/C24H27N7O/c1-15(2)31-14-28-20-21(25)29-23(30-22(20)31)24(8-4-10-26-13-24)9-7-16-12-27-19-11-17(32-3)5-6-18(16)19/h4-6,8,10-12,14-15,27H,7,9,13H2,1-3H3,(H2,25,29,30). The molecule has 0 bridgehead atoms. The second-order valence-electron chi connectivity index (χ2n) is 8.58. The highest BCUT2D eigenvalue weighted by Crippen LogP contribution is 2.34.